The number of rotatable bonds is 5. The van der Waals surface area contributed by atoms with E-state index in [0.29, 0.717) is 22.3 Å². The molecule has 1 amide bonds. The van der Waals surface area contributed by atoms with Crippen LogP contribution < -0.4 is 5.32 Å². The standard InChI is InChI=1S/C26H26ClN3O2S2/c27-20-10-5-4-9-19(20)24-21(31)15-26(30(33)25(24)32,17-13-14-34-16-17)22-11-6-12-23(29-22)28-18-7-2-1-3-8-18/h4-6,9-14,16,18,24,33H,1-3,7-8,15H2,(H,28,29). The van der Waals surface area contributed by atoms with Gasteiger partial charge < -0.3 is 5.32 Å². The minimum Gasteiger partial charge on any atom is -0.367 e. The third kappa shape index (κ3) is 4.14. The molecule has 1 aliphatic carbocycles. The lowest BCUT2D eigenvalue weighted by atomic mass is 9.75. The Kier molecular flexibility index (Phi) is 6.69. The van der Waals surface area contributed by atoms with Gasteiger partial charge in [-0.2, -0.15) is 11.3 Å². The minimum atomic E-state index is -1.10. The van der Waals surface area contributed by atoms with Crippen LogP contribution in [-0.4, -0.2) is 27.0 Å². The summed E-state index contributed by atoms with van der Waals surface area (Å²) in [5.74, 6) is -0.816. The van der Waals surface area contributed by atoms with Crippen LogP contribution >= 0.6 is 35.8 Å². The van der Waals surface area contributed by atoms with E-state index in [1.54, 1.807) is 24.3 Å². The third-order valence-electron chi connectivity index (χ3n) is 6.91. The minimum absolute atomic E-state index is 0.0642. The number of benzene rings is 1. The van der Waals surface area contributed by atoms with Crippen LogP contribution in [0.5, 0.6) is 0 Å². The van der Waals surface area contributed by atoms with Gasteiger partial charge >= 0.3 is 0 Å². The lowest BCUT2D eigenvalue weighted by Crippen LogP contribution is -2.54. The summed E-state index contributed by atoms with van der Waals surface area (Å²) in [6.45, 7) is 0. The van der Waals surface area contributed by atoms with Crippen molar-refractivity contribution in [2.45, 2.75) is 56.0 Å². The predicted octanol–water partition coefficient (Wildman–Crippen LogP) is 6.21. The summed E-state index contributed by atoms with van der Waals surface area (Å²) in [6, 6.07) is 15.1. The number of Topliss-reactive ketones (excluding diaryl/α,β-unsaturated/α-hetero) is 1. The number of thiol groups is 1. The zero-order valence-corrected chi connectivity index (χ0v) is 21.1. The Morgan fingerprint density at radius 2 is 1.85 bits per heavy atom. The molecule has 0 bridgehead atoms. The summed E-state index contributed by atoms with van der Waals surface area (Å²) in [4.78, 5) is 32.2. The Morgan fingerprint density at radius 3 is 2.59 bits per heavy atom. The van der Waals surface area contributed by atoms with E-state index >= 15 is 0 Å². The molecular weight excluding hydrogens is 486 g/mol. The van der Waals surface area contributed by atoms with Crippen LogP contribution in [0.4, 0.5) is 5.82 Å². The molecule has 5 rings (SSSR count). The third-order valence-corrected chi connectivity index (χ3v) is 8.48. The van der Waals surface area contributed by atoms with Gasteiger partial charge in [0, 0.05) is 17.5 Å². The maximum absolute atomic E-state index is 13.7. The molecule has 2 fully saturated rings. The second-order valence-electron chi connectivity index (χ2n) is 9.01. The quantitative estimate of drug-likeness (QED) is 0.315. The number of nitrogens with one attached hydrogen (secondary N) is 1. The van der Waals surface area contributed by atoms with Crippen molar-refractivity contribution in [3.8, 4) is 0 Å². The second kappa shape index (κ2) is 9.72. The Morgan fingerprint density at radius 1 is 1.06 bits per heavy atom. The number of amides is 1. The number of halogens is 1. The number of ketones is 1. The van der Waals surface area contributed by atoms with Gasteiger partial charge in [-0.3, -0.25) is 13.9 Å². The van der Waals surface area contributed by atoms with Crippen molar-refractivity contribution >= 4 is 53.3 Å². The first-order valence-corrected chi connectivity index (χ1v) is 13.3. The van der Waals surface area contributed by atoms with Crippen molar-refractivity contribution in [1.82, 2.24) is 9.29 Å². The second-order valence-corrected chi connectivity index (χ2v) is 10.6. The molecule has 1 saturated carbocycles. The smallest absolute Gasteiger partial charge is 0.248 e. The van der Waals surface area contributed by atoms with Crippen LogP contribution in [0.1, 0.15) is 61.3 Å². The lowest BCUT2D eigenvalue weighted by Gasteiger charge is -2.45. The van der Waals surface area contributed by atoms with E-state index in [2.05, 4.69) is 5.32 Å². The van der Waals surface area contributed by atoms with Gasteiger partial charge in [0.2, 0.25) is 5.91 Å². The van der Waals surface area contributed by atoms with E-state index < -0.39 is 17.4 Å². The zero-order valence-electron chi connectivity index (χ0n) is 18.6. The monoisotopic (exact) mass is 511 g/mol. The first-order valence-electron chi connectivity index (χ1n) is 11.6. The number of nitrogens with zero attached hydrogens (tertiary/aromatic N) is 2. The SMILES string of the molecule is O=C1CC(c2ccsc2)(c2cccc(NC3CCCCC3)n2)N(S)C(=O)C1c1ccccc1Cl. The number of thiophene rings is 1. The van der Waals surface area contributed by atoms with Gasteiger partial charge in [-0.05, 0) is 59.0 Å². The highest BCUT2D eigenvalue weighted by Crippen LogP contribution is 2.48. The lowest BCUT2D eigenvalue weighted by molar-refractivity contribution is -0.142. The van der Waals surface area contributed by atoms with Crippen LogP contribution in [0, 0.1) is 0 Å². The Hall–Kier alpha value is -2.35. The molecule has 8 heteroatoms. The summed E-state index contributed by atoms with van der Waals surface area (Å²) in [5.41, 5.74) is 0.868. The van der Waals surface area contributed by atoms with Crippen molar-refractivity contribution in [1.29, 1.82) is 0 Å². The molecule has 1 saturated heterocycles. The van der Waals surface area contributed by atoms with E-state index in [4.69, 9.17) is 29.4 Å². The van der Waals surface area contributed by atoms with Gasteiger partial charge in [0.05, 0.1) is 5.69 Å². The van der Waals surface area contributed by atoms with Gasteiger partial charge in [0.25, 0.3) is 0 Å². The summed E-state index contributed by atoms with van der Waals surface area (Å²) < 4.78 is 1.40. The Labute approximate surface area is 214 Å². The van der Waals surface area contributed by atoms with Gasteiger partial charge in [-0.1, -0.05) is 67.9 Å². The summed E-state index contributed by atoms with van der Waals surface area (Å²) in [7, 11) is 0. The molecule has 2 unspecified atom stereocenters. The molecule has 34 heavy (non-hydrogen) atoms. The van der Waals surface area contributed by atoms with Crippen molar-refractivity contribution in [2.24, 2.45) is 0 Å². The highest BCUT2D eigenvalue weighted by molar-refractivity contribution is 7.78. The molecular formula is C26H26ClN3O2S2. The topological polar surface area (TPSA) is 62.3 Å². The van der Waals surface area contributed by atoms with E-state index in [1.807, 2.05) is 35.0 Å². The fraction of sp³-hybridized carbons (Fsp3) is 0.346. The molecule has 176 valence electrons. The number of aromatic nitrogens is 1. The van der Waals surface area contributed by atoms with Crippen molar-refractivity contribution in [2.75, 3.05) is 5.32 Å². The van der Waals surface area contributed by atoms with Crippen LogP contribution in [0.25, 0.3) is 0 Å². The number of hydrogen-bond acceptors (Lipinski definition) is 6. The number of pyridine rings is 1. The predicted molar refractivity (Wildman–Crippen MR) is 139 cm³/mol. The van der Waals surface area contributed by atoms with E-state index in [9.17, 15) is 9.59 Å². The molecule has 3 aromatic rings. The highest BCUT2D eigenvalue weighted by atomic mass is 35.5. The molecule has 3 heterocycles. The van der Waals surface area contributed by atoms with Gasteiger partial charge in [-0.15, -0.1) is 0 Å². The first-order chi connectivity index (χ1) is 16.5. The summed E-state index contributed by atoms with van der Waals surface area (Å²) in [6.07, 6.45) is 6.01. The van der Waals surface area contributed by atoms with Crippen LogP contribution in [0.3, 0.4) is 0 Å². The first kappa shape index (κ1) is 23.4. The molecule has 2 atom stereocenters. The molecule has 2 aliphatic rings. The fourth-order valence-corrected chi connectivity index (χ4v) is 6.54. The number of piperidine rings is 1. The average molecular weight is 512 g/mol. The van der Waals surface area contributed by atoms with Crippen LogP contribution in [0.2, 0.25) is 5.02 Å². The van der Waals surface area contributed by atoms with E-state index in [1.165, 1.54) is 34.9 Å². The number of hydrogen-bond donors (Lipinski definition) is 2. The Balaban J connectivity index is 1.55. The molecule has 5 nitrogen and oxygen atoms in total. The fourth-order valence-electron chi connectivity index (χ4n) is 5.17. The highest BCUT2D eigenvalue weighted by Gasteiger charge is 2.53. The number of anilines is 1. The summed E-state index contributed by atoms with van der Waals surface area (Å²) >= 11 is 12.6. The molecule has 2 aromatic heterocycles. The van der Waals surface area contributed by atoms with Crippen molar-refractivity contribution in [3.63, 3.8) is 0 Å². The maximum atomic E-state index is 13.7. The van der Waals surface area contributed by atoms with E-state index in [-0.39, 0.29) is 12.2 Å². The van der Waals surface area contributed by atoms with Gasteiger partial charge in [0.1, 0.15) is 17.3 Å². The Bertz CT molecular complexity index is 1200. The van der Waals surface area contributed by atoms with Crippen molar-refractivity contribution in [3.05, 3.63) is 81.1 Å². The largest absolute Gasteiger partial charge is 0.367 e. The normalized spacial score (nSPS) is 23.8. The summed E-state index contributed by atoms with van der Waals surface area (Å²) in [5, 5.41) is 7.87. The number of carbonyl (C=O) groups excluding carboxylic acids is 2. The van der Waals surface area contributed by atoms with Crippen molar-refractivity contribution < 1.29 is 9.59 Å². The molecule has 0 spiro atoms. The van der Waals surface area contributed by atoms with E-state index in [0.717, 1.165) is 24.2 Å². The molecule has 1 N–H and O–H groups in total. The molecule has 1 aromatic carbocycles. The zero-order chi connectivity index (χ0) is 23.7. The molecule has 1 aliphatic heterocycles. The van der Waals surface area contributed by atoms with Gasteiger partial charge in [0.15, 0.2) is 5.78 Å². The molecule has 0 radical (unpaired) electrons. The maximum Gasteiger partial charge on any atom is 0.248 e. The van der Waals surface area contributed by atoms with Gasteiger partial charge in [-0.25, -0.2) is 4.98 Å². The average Bonchev–Trinajstić information content (AvgIpc) is 3.39. The van der Waals surface area contributed by atoms with Crippen LogP contribution in [0.15, 0.2) is 59.3 Å². The number of carbonyl (C=O) groups is 2. The van der Waals surface area contributed by atoms with Crippen LogP contribution in [-0.2, 0) is 15.1 Å².